The van der Waals surface area contributed by atoms with Gasteiger partial charge in [-0.2, -0.15) is 0 Å². The summed E-state index contributed by atoms with van der Waals surface area (Å²) in [5.41, 5.74) is -0.129. The molecule has 20 heavy (non-hydrogen) atoms. The van der Waals surface area contributed by atoms with Gasteiger partial charge in [-0.15, -0.1) is 0 Å². The summed E-state index contributed by atoms with van der Waals surface area (Å²) in [4.78, 5) is 0. The van der Waals surface area contributed by atoms with Crippen molar-refractivity contribution in [3.63, 3.8) is 0 Å². The average molecular weight is 305 g/mol. The Morgan fingerprint density at radius 1 is 1.35 bits per heavy atom. The van der Waals surface area contributed by atoms with E-state index in [2.05, 4.69) is 5.32 Å². The van der Waals surface area contributed by atoms with Gasteiger partial charge in [0.15, 0.2) is 9.84 Å². The normalized spacial score (nSPS) is 22.7. The first-order valence-electron chi connectivity index (χ1n) is 6.28. The first-order chi connectivity index (χ1) is 9.38. The molecule has 2 atom stereocenters. The van der Waals surface area contributed by atoms with Crippen LogP contribution in [0.1, 0.15) is 18.0 Å². The molecule has 0 aliphatic carbocycles. The summed E-state index contributed by atoms with van der Waals surface area (Å²) in [6, 6.07) is 1.54. The van der Waals surface area contributed by atoms with Crippen molar-refractivity contribution in [2.24, 2.45) is 5.92 Å². The van der Waals surface area contributed by atoms with Gasteiger partial charge in [0.2, 0.25) is 0 Å². The van der Waals surface area contributed by atoms with Crippen molar-refractivity contribution in [3.8, 4) is 5.75 Å². The molecular formula is C13H17F2NO3S. The van der Waals surface area contributed by atoms with Crippen molar-refractivity contribution >= 4 is 9.84 Å². The highest BCUT2D eigenvalue weighted by atomic mass is 32.2. The molecule has 1 fully saturated rings. The third-order valence-electron chi connectivity index (χ3n) is 3.65. The smallest absolute Gasteiger partial charge is 0.150 e. The summed E-state index contributed by atoms with van der Waals surface area (Å²) in [6.07, 6.45) is 0.402. The van der Waals surface area contributed by atoms with E-state index in [0.29, 0.717) is 6.42 Å². The van der Waals surface area contributed by atoms with Gasteiger partial charge in [-0.1, -0.05) is 0 Å². The molecule has 0 saturated carbocycles. The zero-order valence-electron chi connectivity index (χ0n) is 11.3. The van der Waals surface area contributed by atoms with Gasteiger partial charge >= 0.3 is 0 Å². The number of sulfone groups is 1. The Bertz CT molecular complexity index is 581. The molecule has 1 aliphatic rings. The number of hydrogen-bond acceptors (Lipinski definition) is 4. The summed E-state index contributed by atoms with van der Waals surface area (Å²) >= 11 is 0. The highest BCUT2D eigenvalue weighted by Crippen LogP contribution is 2.35. The van der Waals surface area contributed by atoms with E-state index in [-0.39, 0.29) is 28.7 Å². The monoisotopic (exact) mass is 305 g/mol. The summed E-state index contributed by atoms with van der Waals surface area (Å²) in [6.45, 7) is 0. The van der Waals surface area contributed by atoms with Crippen LogP contribution in [0.25, 0.3) is 0 Å². The largest absolute Gasteiger partial charge is 0.497 e. The Labute approximate surface area is 117 Å². The van der Waals surface area contributed by atoms with Crippen molar-refractivity contribution in [1.29, 1.82) is 0 Å². The van der Waals surface area contributed by atoms with Gasteiger partial charge in [0.25, 0.3) is 0 Å². The van der Waals surface area contributed by atoms with Crippen LogP contribution in [-0.2, 0) is 9.84 Å². The molecule has 1 aromatic rings. The molecule has 112 valence electrons. The van der Waals surface area contributed by atoms with E-state index in [0.717, 1.165) is 12.1 Å². The highest BCUT2D eigenvalue weighted by molar-refractivity contribution is 7.91. The van der Waals surface area contributed by atoms with Crippen LogP contribution in [0.3, 0.4) is 0 Å². The van der Waals surface area contributed by atoms with Crippen LogP contribution in [0.4, 0.5) is 8.78 Å². The molecule has 0 bridgehead atoms. The predicted octanol–water partition coefficient (Wildman–Crippen LogP) is 1.67. The van der Waals surface area contributed by atoms with Gasteiger partial charge in [-0.25, -0.2) is 17.2 Å². The molecule has 1 aromatic carbocycles. The molecule has 1 heterocycles. The molecule has 2 rings (SSSR count). The summed E-state index contributed by atoms with van der Waals surface area (Å²) in [5, 5.41) is 2.83. The van der Waals surface area contributed by atoms with E-state index in [9.17, 15) is 17.2 Å². The van der Waals surface area contributed by atoms with Gasteiger partial charge in [-0.3, -0.25) is 0 Å². The Morgan fingerprint density at radius 2 is 1.95 bits per heavy atom. The van der Waals surface area contributed by atoms with Crippen LogP contribution < -0.4 is 10.1 Å². The van der Waals surface area contributed by atoms with Gasteiger partial charge in [0.1, 0.15) is 17.4 Å². The Balaban J connectivity index is 2.38. The van der Waals surface area contributed by atoms with Crippen LogP contribution in [-0.4, -0.2) is 34.1 Å². The van der Waals surface area contributed by atoms with Crippen molar-refractivity contribution in [3.05, 3.63) is 29.3 Å². The van der Waals surface area contributed by atoms with Crippen LogP contribution >= 0.6 is 0 Å². The van der Waals surface area contributed by atoms with Crippen molar-refractivity contribution in [2.75, 3.05) is 25.7 Å². The molecule has 0 aromatic heterocycles. The Hall–Kier alpha value is -1.21. The van der Waals surface area contributed by atoms with Crippen LogP contribution in [0.2, 0.25) is 0 Å². The van der Waals surface area contributed by atoms with E-state index in [1.54, 1.807) is 7.05 Å². The van der Waals surface area contributed by atoms with E-state index in [1.165, 1.54) is 7.11 Å². The highest BCUT2D eigenvalue weighted by Gasteiger charge is 2.36. The fraction of sp³-hybridized carbons (Fsp3) is 0.538. The van der Waals surface area contributed by atoms with Gasteiger partial charge < -0.3 is 10.1 Å². The Kier molecular flexibility index (Phi) is 4.29. The number of methoxy groups -OCH3 is 1. The first kappa shape index (κ1) is 15.2. The van der Waals surface area contributed by atoms with Crippen LogP contribution in [0.15, 0.2) is 12.1 Å². The van der Waals surface area contributed by atoms with Crippen molar-refractivity contribution in [1.82, 2.24) is 5.32 Å². The van der Waals surface area contributed by atoms with Gasteiger partial charge in [0, 0.05) is 23.7 Å². The first-order valence-corrected chi connectivity index (χ1v) is 8.10. The molecule has 4 nitrogen and oxygen atoms in total. The molecule has 0 radical (unpaired) electrons. The second-order valence-electron chi connectivity index (χ2n) is 4.93. The molecule has 1 saturated heterocycles. The lowest BCUT2D eigenvalue weighted by Gasteiger charge is -2.23. The molecule has 1 N–H and O–H groups in total. The van der Waals surface area contributed by atoms with E-state index in [4.69, 9.17) is 4.74 Å². The molecule has 0 amide bonds. The predicted molar refractivity (Wildman–Crippen MR) is 71.5 cm³/mol. The quantitative estimate of drug-likeness (QED) is 0.919. The number of ether oxygens (including phenoxy) is 1. The third-order valence-corrected chi connectivity index (χ3v) is 5.44. The third kappa shape index (κ3) is 2.93. The number of halogens is 2. The molecule has 2 unspecified atom stereocenters. The summed E-state index contributed by atoms with van der Waals surface area (Å²) < 4.78 is 56.0. The second-order valence-corrected chi connectivity index (χ2v) is 7.16. The average Bonchev–Trinajstić information content (AvgIpc) is 2.73. The summed E-state index contributed by atoms with van der Waals surface area (Å²) in [5.74, 6) is -1.69. The second kappa shape index (κ2) is 5.65. The summed E-state index contributed by atoms with van der Waals surface area (Å²) in [7, 11) is -0.212. The molecule has 1 aliphatic heterocycles. The van der Waals surface area contributed by atoms with Crippen LogP contribution in [0, 0.1) is 17.6 Å². The maximum absolute atomic E-state index is 14.1. The fourth-order valence-electron chi connectivity index (χ4n) is 2.68. The van der Waals surface area contributed by atoms with Gasteiger partial charge in [-0.05, 0) is 19.4 Å². The molecular weight excluding hydrogens is 288 g/mol. The maximum atomic E-state index is 14.1. The number of rotatable bonds is 4. The standard InChI is InChI=1S/C13H17F2NO3S/c1-16-13(8-3-4-20(17,18)7-8)12-10(14)5-9(19-2)6-11(12)15/h5-6,8,13,16H,3-4,7H2,1-2H3. The fourth-order valence-corrected chi connectivity index (χ4v) is 4.52. The molecule has 0 spiro atoms. The van der Waals surface area contributed by atoms with Gasteiger partial charge in [0.05, 0.1) is 18.6 Å². The zero-order chi connectivity index (χ0) is 14.9. The number of benzene rings is 1. The lowest BCUT2D eigenvalue weighted by Crippen LogP contribution is -2.28. The maximum Gasteiger partial charge on any atom is 0.150 e. The minimum atomic E-state index is -3.11. The van der Waals surface area contributed by atoms with Crippen molar-refractivity contribution < 1.29 is 21.9 Å². The lowest BCUT2D eigenvalue weighted by molar-refractivity contribution is 0.375. The van der Waals surface area contributed by atoms with E-state index in [1.807, 2.05) is 0 Å². The van der Waals surface area contributed by atoms with Crippen molar-refractivity contribution in [2.45, 2.75) is 12.5 Å². The lowest BCUT2D eigenvalue weighted by atomic mass is 9.91. The van der Waals surface area contributed by atoms with E-state index < -0.39 is 27.5 Å². The van der Waals surface area contributed by atoms with E-state index >= 15 is 0 Å². The zero-order valence-corrected chi connectivity index (χ0v) is 12.1. The number of hydrogen-bond donors (Lipinski definition) is 1. The minimum absolute atomic E-state index is 0.0522. The SMILES string of the molecule is CNC(c1c(F)cc(OC)cc1F)C1CCS(=O)(=O)C1. The number of nitrogens with one attached hydrogen (secondary N) is 1. The van der Waals surface area contributed by atoms with Crippen LogP contribution in [0.5, 0.6) is 5.75 Å². The topological polar surface area (TPSA) is 55.4 Å². The minimum Gasteiger partial charge on any atom is -0.497 e. The Morgan fingerprint density at radius 3 is 2.35 bits per heavy atom. The molecule has 7 heteroatoms.